The maximum absolute atomic E-state index is 12.6. The third-order valence-corrected chi connectivity index (χ3v) is 6.69. The molecule has 0 aliphatic carbocycles. The van der Waals surface area contributed by atoms with Crippen LogP contribution in [0.1, 0.15) is 12.8 Å². The Morgan fingerprint density at radius 2 is 1.93 bits per heavy atom. The minimum absolute atomic E-state index is 0.0321. The Morgan fingerprint density at radius 1 is 1.27 bits per heavy atom. The van der Waals surface area contributed by atoms with Gasteiger partial charge in [0.1, 0.15) is 6.20 Å². The highest BCUT2D eigenvalue weighted by Crippen LogP contribution is 2.33. The standard InChI is InChI=1S/C17H18N6O5S2/c18-30(27,28)13-3-1-12(2-4-13)19-15(24)11-5-7-21(8-6-11)14-16(23(25)26)22-9-10-29-17(22)20-14/h1-4,9-11H,5-8H2,(H,19,24)(H2,18,27,28). The highest BCUT2D eigenvalue weighted by Gasteiger charge is 2.32. The number of carbonyl (C=O) groups is 1. The molecule has 4 rings (SSSR count). The average Bonchev–Trinajstić information content (AvgIpc) is 3.28. The van der Waals surface area contributed by atoms with Gasteiger partial charge in [-0.25, -0.2) is 13.6 Å². The molecule has 0 atom stereocenters. The molecule has 30 heavy (non-hydrogen) atoms. The van der Waals surface area contributed by atoms with E-state index in [1.54, 1.807) is 11.6 Å². The zero-order valence-corrected chi connectivity index (χ0v) is 17.2. The second kappa shape index (κ2) is 7.66. The van der Waals surface area contributed by atoms with Crippen LogP contribution in [-0.2, 0) is 14.8 Å². The Bertz CT molecular complexity index is 1210. The van der Waals surface area contributed by atoms with Crippen molar-refractivity contribution in [1.29, 1.82) is 0 Å². The summed E-state index contributed by atoms with van der Waals surface area (Å²) < 4.78 is 24.1. The van der Waals surface area contributed by atoms with Crippen LogP contribution in [-0.4, -0.2) is 41.7 Å². The average molecular weight is 451 g/mol. The fourth-order valence-corrected chi connectivity index (χ4v) is 4.69. The number of sulfonamides is 1. The number of nitro groups is 1. The molecule has 0 saturated carbocycles. The largest absolute Gasteiger partial charge is 0.373 e. The number of thiazole rings is 1. The Hall–Kier alpha value is -3.03. The van der Waals surface area contributed by atoms with Crippen LogP contribution in [0.5, 0.6) is 0 Å². The summed E-state index contributed by atoms with van der Waals surface area (Å²) in [5.41, 5.74) is 0.472. The lowest BCUT2D eigenvalue weighted by Crippen LogP contribution is -2.38. The number of piperidine rings is 1. The number of carbonyl (C=O) groups excluding carboxylic acids is 1. The number of fused-ring (bicyclic) bond motifs is 1. The molecule has 0 unspecified atom stereocenters. The molecule has 3 heterocycles. The van der Waals surface area contributed by atoms with Crippen molar-refractivity contribution < 1.29 is 18.1 Å². The van der Waals surface area contributed by atoms with E-state index < -0.39 is 14.9 Å². The van der Waals surface area contributed by atoms with Crippen LogP contribution in [0.4, 0.5) is 17.3 Å². The molecule has 0 bridgehead atoms. The van der Waals surface area contributed by atoms with E-state index in [9.17, 15) is 23.3 Å². The SMILES string of the molecule is NS(=O)(=O)c1ccc(NC(=O)C2CCN(c3nc4sccn4c3[N+](=O)[O-])CC2)cc1. The number of nitrogens with two attached hydrogens (primary N) is 1. The van der Waals surface area contributed by atoms with Crippen molar-refractivity contribution in [2.75, 3.05) is 23.3 Å². The summed E-state index contributed by atoms with van der Waals surface area (Å²) in [6, 6.07) is 5.62. The summed E-state index contributed by atoms with van der Waals surface area (Å²) in [6.07, 6.45) is 2.66. The molecule has 1 amide bonds. The first-order chi connectivity index (χ1) is 14.2. The molecule has 0 radical (unpaired) electrons. The van der Waals surface area contributed by atoms with E-state index in [1.165, 1.54) is 40.0 Å². The van der Waals surface area contributed by atoms with Gasteiger partial charge in [0, 0.05) is 30.1 Å². The smallest absolute Gasteiger partial charge is 0.358 e. The third kappa shape index (κ3) is 3.86. The highest BCUT2D eigenvalue weighted by molar-refractivity contribution is 7.89. The zero-order valence-electron chi connectivity index (χ0n) is 15.6. The molecule has 13 heteroatoms. The molecular formula is C17H18N6O5S2. The fraction of sp³-hybridized carbons (Fsp3) is 0.294. The predicted octanol–water partition coefficient (Wildman–Crippen LogP) is 1.81. The zero-order chi connectivity index (χ0) is 21.5. The lowest BCUT2D eigenvalue weighted by Gasteiger charge is -2.31. The predicted molar refractivity (Wildman–Crippen MR) is 111 cm³/mol. The van der Waals surface area contributed by atoms with Gasteiger partial charge in [-0.2, -0.15) is 9.38 Å². The van der Waals surface area contributed by atoms with E-state index in [4.69, 9.17) is 5.14 Å². The number of rotatable bonds is 5. The van der Waals surface area contributed by atoms with Crippen LogP contribution < -0.4 is 15.4 Å². The summed E-state index contributed by atoms with van der Waals surface area (Å²) in [4.78, 5) is 30.4. The lowest BCUT2D eigenvalue weighted by atomic mass is 9.96. The quantitative estimate of drug-likeness (QED) is 0.444. The topological polar surface area (TPSA) is 153 Å². The Labute approximate surface area is 175 Å². The van der Waals surface area contributed by atoms with Gasteiger partial charge in [0.05, 0.1) is 4.90 Å². The lowest BCUT2D eigenvalue weighted by molar-refractivity contribution is -0.389. The molecule has 1 saturated heterocycles. The number of nitrogens with zero attached hydrogens (tertiary/aromatic N) is 4. The van der Waals surface area contributed by atoms with Crippen LogP contribution in [0, 0.1) is 16.0 Å². The van der Waals surface area contributed by atoms with E-state index in [0.29, 0.717) is 42.4 Å². The Morgan fingerprint density at radius 3 is 2.53 bits per heavy atom. The van der Waals surface area contributed by atoms with Crippen molar-refractivity contribution >= 4 is 49.6 Å². The first-order valence-corrected chi connectivity index (χ1v) is 11.5. The molecule has 1 aliphatic rings. The molecule has 11 nitrogen and oxygen atoms in total. The third-order valence-electron chi connectivity index (χ3n) is 5.01. The van der Waals surface area contributed by atoms with Crippen LogP contribution in [0.2, 0.25) is 0 Å². The highest BCUT2D eigenvalue weighted by atomic mass is 32.2. The van der Waals surface area contributed by atoms with Gasteiger partial charge in [0.25, 0.3) is 4.96 Å². The Kier molecular flexibility index (Phi) is 5.17. The fourth-order valence-electron chi connectivity index (χ4n) is 3.47. The van der Waals surface area contributed by atoms with Crippen molar-refractivity contribution in [2.45, 2.75) is 17.7 Å². The molecule has 2 aromatic heterocycles. The second-order valence-corrected chi connectivity index (χ2v) is 9.33. The summed E-state index contributed by atoms with van der Waals surface area (Å²) in [5.74, 6) is -0.186. The number of nitrogens with one attached hydrogen (secondary N) is 1. The summed E-state index contributed by atoms with van der Waals surface area (Å²) in [5, 5.41) is 21.1. The van der Waals surface area contributed by atoms with Gasteiger partial charge in [-0.3, -0.25) is 4.79 Å². The second-order valence-electron chi connectivity index (χ2n) is 6.89. The van der Waals surface area contributed by atoms with Crippen molar-refractivity contribution in [3.63, 3.8) is 0 Å². The van der Waals surface area contributed by atoms with Gasteiger partial charge in [0.15, 0.2) is 0 Å². The number of primary sulfonamides is 1. The van der Waals surface area contributed by atoms with E-state index in [1.807, 2.05) is 4.90 Å². The maximum Gasteiger partial charge on any atom is 0.373 e. The van der Waals surface area contributed by atoms with Crippen molar-refractivity contribution in [2.24, 2.45) is 11.1 Å². The molecule has 1 aliphatic heterocycles. The number of hydrogen-bond acceptors (Lipinski definition) is 8. The first-order valence-electron chi connectivity index (χ1n) is 9.02. The van der Waals surface area contributed by atoms with Crippen molar-refractivity contribution in [3.8, 4) is 0 Å². The van der Waals surface area contributed by atoms with E-state index in [-0.39, 0.29) is 22.5 Å². The van der Waals surface area contributed by atoms with E-state index >= 15 is 0 Å². The van der Waals surface area contributed by atoms with E-state index in [0.717, 1.165) is 0 Å². The van der Waals surface area contributed by atoms with Gasteiger partial charge >= 0.3 is 5.82 Å². The minimum Gasteiger partial charge on any atom is -0.358 e. The van der Waals surface area contributed by atoms with Crippen molar-refractivity contribution in [1.82, 2.24) is 9.38 Å². The molecule has 1 fully saturated rings. The monoisotopic (exact) mass is 450 g/mol. The normalized spacial score (nSPS) is 15.4. The molecule has 158 valence electrons. The molecule has 1 aromatic carbocycles. The number of hydrogen-bond donors (Lipinski definition) is 2. The van der Waals surface area contributed by atoms with Gasteiger partial charge in [-0.05, 0) is 42.0 Å². The minimum atomic E-state index is -3.79. The number of aromatic nitrogens is 2. The summed E-state index contributed by atoms with van der Waals surface area (Å²) in [6.45, 7) is 0.933. The van der Waals surface area contributed by atoms with Crippen LogP contribution in [0.3, 0.4) is 0 Å². The number of amides is 1. The van der Waals surface area contributed by atoms with Crippen molar-refractivity contribution in [3.05, 3.63) is 46.0 Å². The van der Waals surface area contributed by atoms with Gasteiger partial charge < -0.3 is 20.3 Å². The summed E-state index contributed by atoms with van der Waals surface area (Å²) >= 11 is 1.32. The van der Waals surface area contributed by atoms with Gasteiger partial charge in [-0.15, -0.1) is 0 Å². The molecular weight excluding hydrogens is 432 g/mol. The maximum atomic E-state index is 12.6. The molecule has 3 aromatic rings. The van der Waals surface area contributed by atoms with Crippen LogP contribution in [0.15, 0.2) is 40.7 Å². The molecule has 3 N–H and O–H groups in total. The number of anilines is 2. The van der Waals surface area contributed by atoms with E-state index in [2.05, 4.69) is 10.3 Å². The first kappa shape index (κ1) is 20.3. The number of benzene rings is 1. The Balaban J connectivity index is 1.41. The number of imidazole rings is 1. The summed E-state index contributed by atoms with van der Waals surface area (Å²) in [7, 11) is -3.79. The van der Waals surface area contributed by atoms with Crippen LogP contribution in [0.25, 0.3) is 4.96 Å². The van der Waals surface area contributed by atoms with Gasteiger partial charge in [-0.1, -0.05) is 11.3 Å². The van der Waals surface area contributed by atoms with Crippen LogP contribution >= 0.6 is 11.3 Å². The molecule has 0 spiro atoms. The van der Waals surface area contributed by atoms with Gasteiger partial charge in [0.2, 0.25) is 21.7 Å².